The molecule has 1 saturated carbocycles. The monoisotopic (exact) mass is 353 g/mol. The van der Waals surface area contributed by atoms with Crippen molar-refractivity contribution in [1.29, 1.82) is 0 Å². The van der Waals surface area contributed by atoms with Gasteiger partial charge in [-0.1, -0.05) is 0 Å². The molecule has 7 heteroatoms. The van der Waals surface area contributed by atoms with Crippen LogP contribution in [0.5, 0.6) is 0 Å². The molecule has 0 aromatic heterocycles. The first-order valence-corrected chi connectivity index (χ1v) is 9.08. The van der Waals surface area contributed by atoms with Crippen molar-refractivity contribution in [3.63, 3.8) is 0 Å². The zero-order chi connectivity index (χ0) is 17.7. The summed E-state index contributed by atoms with van der Waals surface area (Å²) in [5.41, 5.74) is 5.98. The van der Waals surface area contributed by atoms with E-state index in [1.165, 1.54) is 36.0 Å². The summed E-state index contributed by atoms with van der Waals surface area (Å²) in [6.45, 7) is 4.15. The van der Waals surface area contributed by atoms with E-state index in [1.807, 2.05) is 6.92 Å². The Morgan fingerprint density at radius 1 is 1.38 bits per heavy atom. The maximum Gasteiger partial charge on any atom is 0.234 e. The lowest BCUT2D eigenvalue weighted by atomic mass is 9.96. The largest absolute Gasteiger partial charge is 0.348 e. The quantitative estimate of drug-likeness (QED) is 0.668. The number of carbonyl (C=O) groups is 2. The minimum absolute atomic E-state index is 0.102. The minimum Gasteiger partial charge on any atom is -0.348 e. The minimum atomic E-state index is -0.359. The Labute approximate surface area is 145 Å². The molecule has 0 aliphatic heterocycles. The molecule has 0 radical (unpaired) electrons. The second-order valence-corrected chi connectivity index (χ2v) is 7.72. The van der Waals surface area contributed by atoms with Crippen molar-refractivity contribution in [1.82, 2.24) is 5.32 Å². The maximum absolute atomic E-state index is 12.8. The van der Waals surface area contributed by atoms with Crippen LogP contribution in [0.15, 0.2) is 24.3 Å². The molecular formula is C17H24FN3O2S. The van der Waals surface area contributed by atoms with E-state index >= 15 is 0 Å². The second kappa shape index (κ2) is 7.98. The number of hydrogen-bond acceptors (Lipinski definition) is 4. The van der Waals surface area contributed by atoms with Crippen LogP contribution in [0.25, 0.3) is 0 Å². The normalized spacial score (nSPS) is 17.7. The van der Waals surface area contributed by atoms with Crippen molar-refractivity contribution in [2.24, 2.45) is 11.7 Å². The molecule has 2 amide bonds. The number of hydrogen-bond donors (Lipinski definition) is 3. The van der Waals surface area contributed by atoms with E-state index in [1.54, 1.807) is 6.92 Å². The van der Waals surface area contributed by atoms with Crippen LogP contribution in [0.1, 0.15) is 26.7 Å². The fourth-order valence-electron chi connectivity index (χ4n) is 2.43. The zero-order valence-electron chi connectivity index (χ0n) is 14.0. The standard InChI is InChI=1S/C17H24FN3O2S/c1-11(16(23)21-17(2,10-19)12-3-4-12)24-9-15(22)20-14-7-5-13(18)6-8-14/h5-8,11-12H,3-4,9-10,19H2,1-2H3,(H,20,22)(H,21,23). The molecule has 0 saturated heterocycles. The maximum atomic E-state index is 12.8. The number of benzene rings is 1. The molecule has 1 aromatic carbocycles. The molecule has 0 heterocycles. The molecule has 2 unspecified atom stereocenters. The third kappa shape index (κ3) is 5.21. The SMILES string of the molecule is CC(SCC(=O)Nc1ccc(F)cc1)C(=O)NC(C)(CN)C1CC1. The van der Waals surface area contributed by atoms with E-state index in [-0.39, 0.29) is 34.2 Å². The van der Waals surface area contributed by atoms with Gasteiger partial charge in [0.05, 0.1) is 16.5 Å². The third-order valence-corrected chi connectivity index (χ3v) is 5.42. The highest BCUT2D eigenvalue weighted by Crippen LogP contribution is 2.39. The number of amides is 2. The lowest BCUT2D eigenvalue weighted by molar-refractivity contribution is -0.122. The van der Waals surface area contributed by atoms with Crippen molar-refractivity contribution in [3.05, 3.63) is 30.1 Å². The summed E-state index contributed by atoms with van der Waals surface area (Å²) in [5, 5.41) is 5.35. The summed E-state index contributed by atoms with van der Waals surface area (Å²) in [5.74, 6) is -0.0875. The van der Waals surface area contributed by atoms with E-state index in [9.17, 15) is 14.0 Å². The predicted octanol–water partition coefficient (Wildman–Crippen LogP) is 2.13. The number of carbonyl (C=O) groups excluding carboxylic acids is 2. The Morgan fingerprint density at radius 2 is 2.00 bits per heavy atom. The fourth-order valence-corrected chi connectivity index (χ4v) is 3.11. The number of rotatable bonds is 8. The topological polar surface area (TPSA) is 84.2 Å². The highest BCUT2D eigenvalue weighted by molar-refractivity contribution is 8.01. The summed E-state index contributed by atoms with van der Waals surface area (Å²) in [6, 6.07) is 5.56. The fraction of sp³-hybridized carbons (Fsp3) is 0.529. The lowest BCUT2D eigenvalue weighted by Gasteiger charge is -2.30. The molecule has 0 bridgehead atoms. The van der Waals surface area contributed by atoms with Gasteiger partial charge in [-0.05, 0) is 56.9 Å². The first-order valence-electron chi connectivity index (χ1n) is 8.03. The van der Waals surface area contributed by atoms with Gasteiger partial charge in [0, 0.05) is 12.2 Å². The Kier molecular flexibility index (Phi) is 6.23. The average molecular weight is 353 g/mol. The van der Waals surface area contributed by atoms with Crippen LogP contribution in [0.2, 0.25) is 0 Å². The number of nitrogens with two attached hydrogens (primary N) is 1. The predicted molar refractivity (Wildman–Crippen MR) is 95.3 cm³/mol. The molecule has 1 aliphatic rings. The summed E-state index contributed by atoms with van der Waals surface area (Å²) in [6.07, 6.45) is 2.19. The summed E-state index contributed by atoms with van der Waals surface area (Å²) < 4.78 is 12.8. The third-order valence-electron chi connectivity index (χ3n) is 4.27. The van der Waals surface area contributed by atoms with Gasteiger partial charge >= 0.3 is 0 Å². The summed E-state index contributed by atoms with van der Waals surface area (Å²) in [7, 11) is 0. The van der Waals surface area contributed by atoms with Crippen molar-refractivity contribution in [2.75, 3.05) is 17.6 Å². The lowest BCUT2D eigenvalue weighted by Crippen LogP contribution is -2.55. The molecule has 132 valence electrons. The van der Waals surface area contributed by atoms with E-state index in [4.69, 9.17) is 5.73 Å². The molecule has 2 rings (SSSR count). The number of anilines is 1. The Bertz CT molecular complexity index is 592. The van der Waals surface area contributed by atoms with Crippen LogP contribution in [-0.2, 0) is 9.59 Å². The molecule has 0 spiro atoms. The molecule has 1 aromatic rings. The van der Waals surface area contributed by atoms with E-state index in [0.29, 0.717) is 18.2 Å². The van der Waals surface area contributed by atoms with Crippen LogP contribution in [0, 0.1) is 11.7 Å². The highest BCUT2D eigenvalue weighted by atomic mass is 32.2. The second-order valence-electron chi connectivity index (χ2n) is 6.39. The van der Waals surface area contributed by atoms with Gasteiger partial charge in [-0.15, -0.1) is 11.8 Å². The Morgan fingerprint density at radius 3 is 2.54 bits per heavy atom. The Hall–Kier alpha value is -1.60. The number of thioether (sulfide) groups is 1. The van der Waals surface area contributed by atoms with Gasteiger partial charge in [0.15, 0.2) is 0 Å². The van der Waals surface area contributed by atoms with Gasteiger partial charge in [0.2, 0.25) is 11.8 Å². The van der Waals surface area contributed by atoms with Crippen LogP contribution in [0.3, 0.4) is 0 Å². The molecule has 2 atom stereocenters. The molecular weight excluding hydrogens is 329 g/mol. The first-order chi connectivity index (χ1) is 11.3. The smallest absolute Gasteiger partial charge is 0.234 e. The van der Waals surface area contributed by atoms with Gasteiger partial charge in [0.1, 0.15) is 5.82 Å². The van der Waals surface area contributed by atoms with Gasteiger partial charge in [-0.2, -0.15) is 0 Å². The van der Waals surface area contributed by atoms with Gasteiger partial charge < -0.3 is 16.4 Å². The Balaban J connectivity index is 1.77. The highest BCUT2D eigenvalue weighted by Gasteiger charge is 2.42. The molecule has 1 fully saturated rings. The van der Waals surface area contributed by atoms with Crippen molar-refractivity contribution in [3.8, 4) is 0 Å². The number of nitrogens with one attached hydrogen (secondary N) is 2. The van der Waals surface area contributed by atoms with Gasteiger partial charge in [0.25, 0.3) is 0 Å². The molecule has 5 nitrogen and oxygen atoms in total. The number of halogens is 1. The molecule has 24 heavy (non-hydrogen) atoms. The van der Waals surface area contributed by atoms with Crippen molar-refractivity contribution in [2.45, 2.75) is 37.5 Å². The first kappa shape index (κ1) is 18.7. The van der Waals surface area contributed by atoms with Crippen molar-refractivity contribution < 1.29 is 14.0 Å². The molecule has 4 N–H and O–H groups in total. The van der Waals surface area contributed by atoms with Gasteiger partial charge in [-0.3, -0.25) is 9.59 Å². The molecule has 1 aliphatic carbocycles. The van der Waals surface area contributed by atoms with E-state index < -0.39 is 0 Å². The van der Waals surface area contributed by atoms with Crippen LogP contribution in [0.4, 0.5) is 10.1 Å². The van der Waals surface area contributed by atoms with E-state index in [0.717, 1.165) is 12.8 Å². The van der Waals surface area contributed by atoms with Gasteiger partial charge in [-0.25, -0.2) is 4.39 Å². The van der Waals surface area contributed by atoms with Crippen LogP contribution in [-0.4, -0.2) is 34.9 Å². The van der Waals surface area contributed by atoms with Crippen LogP contribution >= 0.6 is 11.8 Å². The summed E-state index contributed by atoms with van der Waals surface area (Å²) in [4.78, 5) is 24.2. The van der Waals surface area contributed by atoms with Crippen LogP contribution < -0.4 is 16.4 Å². The summed E-state index contributed by atoms with van der Waals surface area (Å²) >= 11 is 1.26. The average Bonchev–Trinajstić information content (AvgIpc) is 3.40. The van der Waals surface area contributed by atoms with Crippen molar-refractivity contribution >= 4 is 29.3 Å². The van der Waals surface area contributed by atoms with E-state index in [2.05, 4.69) is 10.6 Å². The zero-order valence-corrected chi connectivity index (χ0v) is 14.8.